The standard InChI is InChI=1S/C14H17FN2O/c1-10(11-2-4-12(15)5-3-11)8-14(18)17-7-6-13(16)9-17/h2-5,8,13H,6-7,9,16H2,1H3/b10-8+. The predicted octanol–water partition coefficient (Wildman–Crippen LogP) is 1.79. The summed E-state index contributed by atoms with van der Waals surface area (Å²) in [4.78, 5) is 13.7. The van der Waals surface area contributed by atoms with Gasteiger partial charge < -0.3 is 10.6 Å². The van der Waals surface area contributed by atoms with Crippen LogP contribution in [0, 0.1) is 5.82 Å². The second kappa shape index (κ2) is 5.31. The van der Waals surface area contributed by atoms with Gasteiger partial charge in [-0.05, 0) is 36.6 Å². The molecule has 1 aromatic rings. The smallest absolute Gasteiger partial charge is 0.246 e. The number of rotatable bonds is 2. The molecule has 18 heavy (non-hydrogen) atoms. The molecule has 1 fully saturated rings. The maximum atomic E-state index is 12.8. The van der Waals surface area contributed by atoms with Gasteiger partial charge in [0.05, 0.1) is 0 Å². The molecule has 1 amide bonds. The number of carbonyl (C=O) groups excluding carboxylic acids is 1. The van der Waals surface area contributed by atoms with Crippen molar-refractivity contribution in [3.05, 3.63) is 41.7 Å². The number of nitrogens with zero attached hydrogens (tertiary/aromatic N) is 1. The lowest BCUT2D eigenvalue weighted by molar-refractivity contribution is -0.125. The fourth-order valence-electron chi connectivity index (χ4n) is 2.06. The third-order valence-electron chi connectivity index (χ3n) is 3.18. The first-order valence-electron chi connectivity index (χ1n) is 6.05. The van der Waals surface area contributed by atoms with E-state index < -0.39 is 0 Å². The first kappa shape index (κ1) is 12.8. The Balaban J connectivity index is 2.08. The number of nitrogens with two attached hydrogens (primary N) is 1. The minimum Gasteiger partial charge on any atom is -0.338 e. The van der Waals surface area contributed by atoms with Gasteiger partial charge in [0.2, 0.25) is 5.91 Å². The summed E-state index contributed by atoms with van der Waals surface area (Å²) in [5.74, 6) is -0.298. The number of hydrogen-bond acceptors (Lipinski definition) is 2. The quantitative estimate of drug-likeness (QED) is 0.811. The lowest BCUT2D eigenvalue weighted by Gasteiger charge is -2.13. The lowest BCUT2D eigenvalue weighted by atomic mass is 10.1. The van der Waals surface area contributed by atoms with Gasteiger partial charge in [-0.15, -0.1) is 0 Å². The summed E-state index contributed by atoms with van der Waals surface area (Å²) in [6.45, 7) is 3.18. The third kappa shape index (κ3) is 2.96. The first-order valence-corrected chi connectivity index (χ1v) is 6.05. The van der Waals surface area contributed by atoms with E-state index in [-0.39, 0.29) is 17.8 Å². The summed E-state index contributed by atoms with van der Waals surface area (Å²) < 4.78 is 12.8. The molecule has 3 nitrogen and oxygen atoms in total. The maximum Gasteiger partial charge on any atom is 0.246 e. The van der Waals surface area contributed by atoms with E-state index in [1.165, 1.54) is 12.1 Å². The highest BCUT2D eigenvalue weighted by Gasteiger charge is 2.22. The zero-order valence-electron chi connectivity index (χ0n) is 10.4. The average Bonchev–Trinajstić information content (AvgIpc) is 2.76. The molecule has 1 aliphatic heterocycles. The fourth-order valence-corrected chi connectivity index (χ4v) is 2.06. The Labute approximate surface area is 106 Å². The molecule has 2 N–H and O–H groups in total. The van der Waals surface area contributed by atoms with E-state index in [0.29, 0.717) is 13.1 Å². The zero-order valence-corrected chi connectivity index (χ0v) is 10.4. The van der Waals surface area contributed by atoms with Crippen LogP contribution in [-0.2, 0) is 4.79 Å². The van der Waals surface area contributed by atoms with Crippen LogP contribution in [0.1, 0.15) is 18.9 Å². The molecule has 0 bridgehead atoms. The Hall–Kier alpha value is -1.68. The summed E-state index contributed by atoms with van der Waals surface area (Å²) in [6, 6.07) is 6.22. The summed E-state index contributed by atoms with van der Waals surface area (Å²) >= 11 is 0. The van der Waals surface area contributed by atoms with Crippen molar-refractivity contribution < 1.29 is 9.18 Å². The van der Waals surface area contributed by atoms with Crippen LogP contribution in [0.3, 0.4) is 0 Å². The fraction of sp³-hybridized carbons (Fsp3) is 0.357. The molecule has 1 atom stereocenters. The number of hydrogen-bond donors (Lipinski definition) is 1. The number of halogens is 1. The number of benzene rings is 1. The predicted molar refractivity (Wildman–Crippen MR) is 69.2 cm³/mol. The first-order chi connectivity index (χ1) is 8.56. The van der Waals surface area contributed by atoms with Crippen LogP contribution in [0.2, 0.25) is 0 Å². The van der Waals surface area contributed by atoms with Crippen molar-refractivity contribution in [3.8, 4) is 0 Å². The molecular formula is C14H17FN2O. The molecule has 1 aromatic carbocycles. The number of likely N-dealkylation sites (tertiary alicyclic amines) is 1. The van der Waals surface area contributed by atoms with Crippen LogP contribution < -0.4 is 5.73 Å². The maximum absolute atomic E-state index is 12.8. The third-order valence-corrected chi connectivity index (χ3v) is 3.18. The molecular weight excluding hydrogens is 231 g/mol. The molecule has 96 valence electrons. The second-order valence-corrected chi connectivity index (χ2v) is 4.67. The van der Waals surface area contributed by atoms with E-state index in [1.807, 2.05) is 6.92 Å². The zero-order chi connectivity index (χ0) is 13.1. The number of carbonyl (C=O) groups is 1. The summed E-state index contributed by atoms with van der Waals surface area (Å²) in [7, 11) is 0. The monoisotopic (exact) mass is 248 g/mol. The minimum atomic E-state index is -0.275. The molecule has 0 aromatic heterocycles. The van der Waals surface area contributed by atoms with Crippen molar-refractivity contribution in [1.29, 1.82) is 0 Å². The van der Waals surface area contributed by atoms with Gasteiger partial charge in [-0.25, -0.2) is 4.39 Å². The van der Waals surface area contributed by atoms with Crippen molar-refractivity contribution in [2.24, 2.45) is 5.73 Å². The van der Waals surface area contributed by atoms with Crippen LogP contribution in [-0.4, -0.2) is 29.9 Å². The Kier molecular flexibility index (Phi) is 3.77. The summed E-state index contributed by atoms with van der Waals surface area (Å²) in [6.07, 6.45) is 2.44. The van der Waals surface area contributed by atoms with Gasteiger partial charge in [0, 0.05) is 25.2 Å². The highest BCUT2D eigenvalue weighted by Crippen LogP contribution is 2.16. The van der Waals surface area contributed by atoms with Crippen LogP contribution in [0.5, 0.6) is 0 Å². The Morgan fingerprint density at radius 1 is 1.44 bits per heavy atom. The van der Waals surface area contributed by atoms with Gasteiger partial charge in [0.15, 0.2) is 0 Å². The topological polar surface area (TPSA) is 46.3 Å². The molecule has 4 heteroatoms. The van der Waals surface area contributed by atoms with Gasteiger partial charge in [-0.2, -0.15) is 0 Å². The van der Waals surface area contributed by atoms with Crippen molar-refractivity contribution in [1.82, 2.24) is 4.90 Å². The largest absolute Gasteiger partial charge is 0.338 e. The van der Waals surface area contributed by atoms with Crippen LogP contribution in [0.15, 0.2) is 30.3 Å². The van der Waals surface area contributed by atoms with E-state index in [4.69, 9.17) is 5.73 Å². The van der Waals surface area contributed by atoms with Crippen molar-refractivity contribution in [3.63, 3.8) is 0 Å². The van der Waals surface area contributed by atoms with Gasteiger partial charge in [-0.1, -0.05) is 12.1 Å². The van der Waals surface area contributed by atoms with Crippen molar-refractivity contribution >= 4 is 11.5 Å². The van der Waals surface area contributed by atoms with E-state index >= 15 is 0 Å². The molecule has 0 spiro atoms. The molecule has 1 saturated heterocycles. The normalized spacial score (nSPS) is 20.3. The number of allylic oxidation sites excluding steroid dienone is 1. The lowest BCUT2D eigenvalue weighted by Crippen LogP contribution is -2.30. The van der Waals surface area contributed by atoms with E-state index in [9.17, 15) is 9.18 Å². The molecule has 0 aliphatic carbocycles. The summed E-state index contributed by atoms with van der Waals surface area (Å²) in [5, 5.41) is 0. The van der Waals surface area contributed by atoms with Crippen LogP contribution in [0.25, 0.3) is 5.57 Å². The van der Waals surface area contributed by atoms with Gasteiger partial charge in [-0.3, -0.25) is 4.79 Å². The minimum absolute atomic E-state index is 0.0234. The van der Waals surface area contributed by atoms with E-state index in [1.54, 1.807) is 23.1 Å². The van der Waals surface area contributed by atoms with E-state index in [2.05, 4.69) is 0 Å². The Morgan fingerprint density at radius 2 is 2.11 bits per heavy atom. The number of amides is 1. The van der Waals surface area contributed by atoms with Crippen molar-refractivity contribution in [2.75, 3.05) is 13.1 Å². The highest BCUT2D eigenvalue weighted by atomic mass is 19.1. The van der Waals surface area contributed by atoms with Gasteiger partial charge in [0.1, 0.15) is 5.82 Å². The molecule has 1 unspecified atom stereocenters. The van der Waals surface area contributed by atoms with E-state index in [0.717, 1.165) is 17.6 Å². The SMILES string of the molecule is C/C(=C\C(=O)N1CCC(N)C1)c1ccc(F)cc1. The highest BCUT2D eigenvalue weighted by molar-refractivity contribution is 5.95. The van der Waals surface area contributed by atoms with Crippen LogP contribution in [0.4, 0.5) is 4.39 Å². The molecule has 2 rings (SSSR count). The molecule has 0 saturated carbocycles. The molecule has 0 radical (unpaired) electrons. The molecule has 1 heterocycles. The van der Waals surface area contributed by atoms with Crippen molar-refractivity contribution in [2.45, 2.75) is 19.4 Å². The molecule has 1 aliphatic rings. The Bertz CT molecular complexity index is 467. The average molecular weight is 248 g/mol. The Morgan fingerprint density at radius 3 is 2.67 bits per heavy atom. The van der Waals surface area contributed by atoms with Gasteiger partial charge >= 0.3 is 0 Å². The summed E-state index contributed by atoms with van der Waals surface area (Å²) in [5.41, 5.74) is 7.45. The second-order valence-electron chi connectivity index (χ2n) is 4.67. The van der Waals surface area contributed by atoms with Crippen LogP contribution >= 0.6 is 0 Å². The van der Waals surface area contributed by atoms with Gasteiger partial charge in [0.25, 0.3) is 0 Å².